The molecule has 0 aromatic carbocycles. The fourth-order valence-corrected chi connectivity index (χ4v) is 10.3. The first-order valence-electron chi connectivity index (χ1n) is 33.3. The highest BCUT2D eigenvalue weighted by atomic mass is 16.5. The number of carbonyl (C=O) groups is 2. The van der Waals surface area contributed by atoms with E-state index in [9.17, 15) is 19.8 Å². The minimum atomic E-state index is -0.838. The van der Waals surface area contributed by atoms with Crippen molar-refractivity contribution in [3.05, 3.63) is 36.5 Å². The minimum Gasteiger partial charge on any atom is -0.466 e. The monoisotopic (exact) mass is 1040 g/mol. The van der Waals surface area contributed by atoms with Crippen molar-refractivity contribution in [3.63, 3.8) is 0 Å². The maximum Gasteiger partial charge on any atom is 0.305 e. The second kappa shape index (κ2) is 63.6. The van der Waals surface area contributed by atoms with Gasteiger partial charge in [-0.25, -0.2) is 0 Å². The first-order chi connectivity index (χ1) is 36.5. The number of hydrogen-bond donors (Lipinski definition) is 3. The van der Waals surface area contributed by atoms with E-state index in [-0.39, 0.29) is 18.5 Å². The Morgan fingerprint density at radius 3 is 1.08 bits per heavy atom. The van der Waals surface area contributed by atoms with E-state index in [1.807, 2.05) is 6.08 Å². The Morgan fingerprint density at radius 2 is 0.703 bits per heavy atom. The highest BCUT2D eigenvalue weighted by molar-refractivity contribution is 5.76. The van der Waals surface area contributed by atoms with Crippen LogP contribution in [0.4, 0.5) is 0 Å². The van der Waals surface area contributed by atoms with Crippen molar-refractivity contribution in [1.29, 1.82) is 0 Å². The third kappa shape index (κ3) is 59.3. The van der Waals surface area contributed by atoms with Crippen LogP contribution in [0, 0.1) is 0 Å². The van der Waals surface area contributed by atoms with E-state index in [1.165, 1.54) is 283 Å². The molecule has 6 nitrogen and oxygen atoms in total. The molecule has 2 atom stereocenters. The molecule has 0 aliphatic carbocycles. The van der Waals surface area contributed by atoms with Gasteiger partial charge in [0.05, 0.1) is 25.4 Å². The number of nitrogens with one attached hydrogen (secondary N) is 1. The van der Waals surface area contributed by atoms with Crippen molar-refractivity contribution in [3.8, 4) is 0 Å². The summed E-state index contributed by atoms with van der Waals surface area (Å²) >= 11 is 0. The van der Waals surface area contributed by atoms with Gasteiger partial charge >= 0.3 is 5.97 Å². The molecule has 2 unspecified atom stereocenters. The number of esters is 1. The van der Waals surface area contributed by atoms with E-state index in [1.54, 1.807) is 6.08 Å². The van der Waals surface area contributed by atoms with Gasteiger partial charge in [0, 0.05) is 12.8 Å². The van der Waals surface area contributed by atoms with E-state index in [0.717, 1.165) is 51.4 Å². The summed E-state index contributed by atoms with van der Waals surface area (Å²) in [6, 6.07) is -0.621. The Labute approximate surface area is 462 Å². The molecule has 0 saturated carbocycles. The SMILES string of the molecule is CCC/C=C\C/C=C\CCCCCCCC(=O)OCCCCCCCCCCCCCCCCCCCCCCCCCCCCCCCCCCCCCC(=O)NC(CO)C(O)/C=C/CCCCCCCCC. The molecule has 0 heterocycles. The fourth-order valence-electron chi connectivity index (χ4n) is 10.3. The van der Waals surface area contributed by atoms with Crippen molar-refractivity contribution in [2.75, 3.05) is 13.2 Å². The number of rotatable bonds is 62. The van der Waals surface area contributed by atoms with Crippen LogP contribution in [0.5, 0.6) is 0 Å². The summed E-state index contributed by atoms with van der Waals surface area (Å²) in [5.74, 6) is -0.0576. The summed E-state index contributed by atoms with van der Waals surface area (Å²) < 4.78 is 5.48. The summed E-state index contributed by atoms with van der Waals surface area (Å²) in [5.41, 5.74) is 0. The Morgan fingerprint density at radius 1 is 0.378 bits per heavy atom. The molecule has 436 valence electrons. The molecular formula is C68H129NO5. The largest absolute Gasteiger partial charge is 0.466 e. The van der Waals surface area contributed by atoms with Crippen molar-refractivity contribution in [2.45, 2.75) is 373 Å². The Hall–Kier alpha value is -1.92. The van der Waals surface area contributed by atoms with Crippen molar-refractivity contribution >= 4 is 11.9 Å². The number of unbranched alkanes of at least 4 members (excludes halogenated alkanes) is 47. The topological polar surface area (TPSA) is 95.9 Å². The molecule has 0 aliphatic heterocycles. The molecule has 0 radical (unpaired) electrons. The third-order valence-corrected chi connectivity index (χ3v) is 15.4. The van der Waals surface area contributed by atoms with Crippen LogP contribution < -0.4 is 5.32 Å². The van der Waals surface area contributed by atoms with Crippen molar-refractivity contribution in [2.24, 2.45) is 0 Å². The lowest BCUT2D eigenvalue weighted by Gasteiger charge is -2.20. The van der Waals surface area contributed by atoms with Crippen molar-refractivity contribution in [1.82, 2.24) is 5.32 Å². The molecule has 0 aromatic rings. The molecular weight excluding hydrogens is 911 g/mol. The predicted molar refractivity (Wildman–Crippen MR) is 324 cm³/mol. The molecule has 0 aliphatic rings. The van der Waals surface area contributed by atoms with Gasteiger partial charge in [-0.2, -0.15) is 0 Å². The average Bonchev–Trinajstić information content (AvgIpc) is 3.40. The quantitative estimate of drug-likeness (QED) is 0.0320. The average molecular weight is 1040 g/mol. The lowest BCUT2D eigenvalue weighted by molar-refractivity contribution is -0.143. The van der Waals surface area contributed by atoms with Gasteiger partial charge in [0.25, 0.3) is 0 Å². The van der Waals surface area contributed by atoms with Crippen molar-refractivity contribution < 1.29 is 24.5 Å². The van der Waals surface area contributed by atoms with E-state index < -0.39 is 12.1 Å². The maximum absolute atomic E-state index is 12.4. The standard InChI is InChI=1S/C68H129NO5/c1-3-5-7-9-11-13-14-38-42-46-50-54-58-62-68(73)74-63-59-55-51-47-43-40-37-35-33-31-29-27-25-23-21-19-17-15-16-18-20-22-24-26-28-30-32-34-36-39-41-45-49-53-57-61-67(72)69-65(64-70)66(71)60-56-52-48-44-12-10-8-6-4-2/h7,9,13-14,56,60,65-66,70-71H,3-6,8,10-12,15-55,57-59,61-64H2,1-2H3,(H,69,72)/b9-7-,14-13-,60-56+. The highest BCUT2D eigenvalue weighted by Gasteiger charge is 2.18. The van der Waals surface area contributed by atoms with Gasteiger partial charge in [-0.1, -0.05) is 326 Å². The highest BCUT2D eigenvalue weighted by Crippen LogP contribution is 2.18. The van der Waals surface area contributed by atoms with Gasteiger partial charge < -0.3 is 20.3 Å². The smallest absolute Gasteiger partial charge is 0.305 e. The zero-order valence-electron chi connectivity index (χ0n) is 49.8. The molecule has 3 N–H and O–H groups in total. The maximum atomic E-state index is 12.4. The van der Waals surface area contributed by atoms with Gasteiger partial charge in [0.1, 0.15) is 0 Å². The number of aliphatic hydroxyl groups is 2. The lowest BCUT2D eigenvalue weighted by atomic mass is 10.0. The zero-order valence-corrected chi connectivity index (χ0v) is 49.8. The van der Waals surface area contributed by atoms with E-state index >= 15 is 0 Å². The van der Waals surface area contributed by atoms with Crippen LogP contribution in [-0.4, -0.2) is 47.4 Å². The number of allylic oxidation sites excluding steroid dienone is 5. The van der Waals surface area contributed by atoms with Crippen LogP contribution in [0.2, 0.25) is 0 Å². The van der Waals surface area contributed by atoms with Gasteiger partial charge in [-0.3, -0.25) is 9.59 Å². The number of hydrogen-bond acceptors (Lipinski definition) is 5. The van der Waals surface area contributed by atoms with Gasteiger partial charge in [-0.15, -0.1) is 0 Å². The summed E-state index contributed by atoms with van der Waals surface area (Å²) in [7, 11) is 0. The van der Waals surface area contributed by atoms with Gasteiger partial charge in [0.15, 0.2) is 0 Å². The Bertz CT molecular complexity index is 1200. The molecule has 0 aromatic heterocycles. The molecule has 1 amide bonds. The van der Waals surface area contributed by atoms with Crippen LogP contribution in [0.1, 0.15) is 361 Å². The van der Waals surface area contributed by atoms with E-state index in [2.05, 4.69) is 43.5 Å². The molecule has 0 fully saturated rings. The zero-order chi connectivity index (χ0) is 53.6. The number of carbonyl (C=O) groups excluding carboxylic acids is 2. The molecule has 6 heteroatoms. The number of amides is 1. The number of aliphatic hydroxyl groups excluding tert-OH is 2. The van der Waals surface area contributed by atoms with Crippen LogP contribution in [0.3, 0.4) is 0 Å². The summed E-state index contributed by atoms with van der Waals surface area (Å²) in [5, 5.41) is 23.0. The van der Waals surface area contributed by atoms with Crippen LogP contribution >= 0.6 is 0 Å². The Kier molecular flexibility index (Phi) is 62.0. The molecule has 74 heavy (non-hydrogen) atoms. The molecule has 0 spiro atoms. The summed E-state index contributed by atoms with van der Waals surface area (Å²) in [4.78, 5) is 24.4. The van der Waals surface area contributed by atoms with Crippen LogP contribution in [0.25, 0.3) is 0 Å². The number of ether oxygens (including phenoxy) is 1. The third-order valence-electron chi connectivity index (χ3n) is 15.4. The second-order valence-electron chi connectivity index (χ2n) is 22.8. The normalized spacial score (nSPS) is 12.8. The summed E-state index contributed by atoms with van der Waals surface area (Å²) in [6.45, 7) is 4.83. The van der Waals surface area contributed by atoms with Crippen LogP contribution in [0.15, 0.2) is 36.5 Å². The van der Waals surface area contributed by atoms with E-state index in [0.29, 0.717) is 19.4 Å². The van der Waals surface area contributed by atoms with E-state index in [4.69, 9.17) is 4.74 Å². The van der Waals surface area contributed by atoms with Crippen LogP contribution in [-0.2, 0) is 14.3 Å². The fraction of sp³-hybridized carbons (Fsp3) is 0.882. The molecule has 0 rings (SSSR count). The van der Waals surface area contributed by atoms with Gasteiger partial charge in [0.2, 0.25) is 5.91 Å². The van der Waals surface area contributed by atoms with Gasteiger partial charge in [-0.05, 0) is 57.8 Å². The lowest BCUT2D eigenvalue weighted by Crippen LogP contribution is -2.45. The first kappa shape index (κ1) is 72.1. The Balaban J connectivity index is 3.29. The summed E-state index contributed by atoms with van der Waals surface area (Å²) in [6.07, 6.45) is 81.0. The second-order valence-corrected chi connectivity index (χ2v) is 22.8. The predicted octanol–water partition coefficient (Wildman–Crippen LogP) is 21.1. The molecule has 0 saturated heterocycles. The first-order valence-corrected chi connectivity index (χ1v) is 33.3. The minimum absolute atomic E-state index is 0.00685. The molecule has 0 bridgehead atoms.